The molecule has 0 amide bonds. The van der Waals surface area contributed by atoms with Crippen molar-refractivity contribution < 1.29 is 17.6 Å². The van der Waals surface area contributed by atoms with Crippen molar-refractivity contribution in [1.82, 2.24) is 4.98 Å². The van der Waals surface area contributed by atoms with Crippen LogP contribution < -0.4 is 0 Å². The topological polar surface area (TPSA) is 37.6 Å². The van der Waals surface area contributed by atoms with Gasteiger partial charge in [-0.15, -0.1) is 12.4 Å². The molecule has 150 valence electrons. The van der Waals surface area contributed by atoms with Crippen LogP contribution in [-0.2, 0) is 0 Å². The average Bonchev–Trinajstić information content (AvgIpc) is 2.67. The molecule has 8 heteroatoms. The summed E-state index contributed by atoms with van der Waals surface area (Å²) in [7, 11) is 0. The summed E-state index contributed by atoms with van der Waals surface area (Å²) in [6.07, 6.45) is 0. The molecule has 2 aromatic carbocycles. The summed E-state index contributed by atoms with van der Waals surface area (Å²) in [6, 6.07) is 11.8. The van der Waals surface area contributed by atoms with Crippen LogP contribution in [0.4, 0.5) is 28.9 Å². The molecule has 0 bridgehead atoms. The molecule has 0 saturated heterocycles. The van der Waals surface area contributed by atoms with Crippen molar-refractivity contribution in [3.63, 3.8) is 0 Å². The van der Waals surface area contributed by atoms with Gasteiger partial charge in [0.1, 0.15) is 11.4 Å². The highest BCUT2D eigenvalue weighted by atomic mass is 35.5. The van der Waals surface area contributed by atoms with Crippen molar-refractivity contribution in [1.29, 1.82) is 0 Å². The second-order valence-electron chi connectivity index (χ2n) is 5.94. The summed E-state index contributed by atoms with van der Waals surface area (Å²) < 4.78 is 55.2. The molecule has 29 heavy (non-hydrogen) atoms. The van der Waals surface area contributed by atoms with Crippen LogP contribution in [0.2, 0.25) is 0 Å². The number of halogens is 5. The number of aliphatic imine (C=N–C) groups is 2. The monoisotopic (exact) mass is 421 g/mol. The van der Waals surface area contributed by atoms with Gasteiger partial charge in [-0.25, -0.2) is 32.5 Å². The second kappa shape index (κ2) is 9.43. The zero-order valence-corrected chi connectivity index (χ0v) is 16.3. The van der Waals surface area contributed by atoms with E-state index in [2.05, 4.69) is 15.0 Å². The van der Waals surface area contributed by atoms with Gasteiger partial charge in [-0.2, -0.15) is 0 Å². The average molecular weight is 422 g/mol. The highest BCUT2D eigenvalue weighted by Crippen LogP contribution is 2.24. The molecule has 0 fully saturated rings. The Morgan fingerprint density at radius 3 is 1.28 bits per heavy atom. The number of hydrogen-bond donors (Lipinski definition) is 0. The summed E-state index contributed by atoms with van der Waals surface area (Å²) in [4.78, 5) is 12.3. The first-order chi connectivity index (χ1) is 13.4. The minimum Gasteiger partial charge on any atom is -0.245 e. The maximum Gasteiger partial charge on any atom is 0.151 e. The van der Waals surface area contributed by atoms with Gasteiger partial charge in [-0.1, -0.05) is 18.2 Å². The minimum absolute atomic E-state index is 0. The Bertz CT molecular complexity index is 974. The molecule has 0 aliphatic carbocycles. The Morgan fingerprint density at radius 1 is 0.621 bits per heavy atom. The molecule has 0 unspecified atom stereocenters. The molecule has 1 heterocycles. The Balaban J connectivity index is 0.00000300. The SMILES string of the molecule is CC(=Nc1c(F)cccc1F)c1cccc(C(C)=Nc2c(F)cccc2F)n1.Cl. The number of benzene rings is 2. The molecular weight excluding hydrogens is 406 g/mol. The highest BCUT2D eigenvalue weighted by molar-refractivity contribution is 6.02. The van der Waals surface area contributed by atoms with Crippen LogP contribution in [0.1, 0.15) is 25.2 Å². The van der Waals surface area contributed by atoms with Crippen molar-refractivity contribution in [3.8, 4) is 0 Å². The number of rotatable bonds is 4. The van der Waals surface area contributed by atoms with Crippen LogP contribution >= 0.6 is 12.4 Å². The van der Waals surface area contributed by atoms with E-state index in [-0.39, 0.29) is 23.8 Å². The first kappa shape index (κ1) is 22.2. The lowest BCUT2D eigenvalue weighted by molar-refractivity contribution is 0.587. The number of para-hydroxylation sites is 2. The molecule has 1 aromatic heterocycles. The maximum atomic E-state index is 13.8. The van der Waals surface area contributed by atoms with Crippen LogP contribution in [0.25, 0.3) is 0 Å². The van der Waals surface area contributed by atoms with Gasteiger partial charge in [0, 0.05) is 0 Å². The van der Waals surface area contributed by atoms with Crippen LogP contribution in [0.3, 0.4) is 0 Å². The van der Waals surface area contributed by atoms with E-state index in [4.69, 9.17) is 0 Å². The predicted octanol–water partition coefficient (Wildman–Crippen LogP) is 6.34. The summed E-state index contributed by atoms with van der Waals surface area (Å²) in [5.74, 6) is -3.15. The first-order valence-corrected chi connectivity index (χ1v) is 8.33. The van der Waals surface area contributed by atoms with Gasteiger partial charge < -0.3 is 0 Å². The van der Waals surface area contributed by atoms with E-state index in [1.807, 2.05) is 0 Å². The normalized spacial score (nSPS) is 11.9. The molecule has 3 nitrogen and oxygen atoms in total. The molecule has 0 saturated carbocycles. The Hall–Kier alpha value is -3.06. The smallest absolute Gasteiger partial charge is 0.151 e. The van der Waals surface area contributed by atoms with Crippen molar-refractivity contribution in [2.75, 3.05) is 0 Å². The molecule has 0 aliphatic rings. The molecule has 3 aromatic rings. The third-order valence-corrected chi connectivity index (χ3v) is 3.92. The molecule has 0 radical (unpaired) electrons. The number of hydrogen-bond acceptors (Lipinski definition) is 3. The number of aromatic nitrogens is 1. The summed E-state index contributed by atoms with van der Waals surface area (Å²) in [6.45, 7) is 3.11. The zero-order valence-electron chi connectivity index (χ0n) is 15.5. The van der Waals surface area contributed by atoms with Crippen LogP contribution in [0, 0.1) is 23.3 Å². The van der Waals surface area contributed by atoms with Gasteiger partial charge in [-0.3, -0.25) is 0 Å². The van der Waals surface area contributed by atoms with Crippen molar-refractivity contribution in [2.45, 2.75) is 13.8 Å². The van der Waals surface area contributed by atoms with E-state index in [9.17, 15) is 17.6 Å². The van der Waals surface area contributed by atoms with Gasteiger partial charge in [0.15, 0.2) is 23.3 Å². The van der Waals surface area contributed by atoms with Crippen LogP contribution in [0.15, 0.2) is 64.6 Å². The molecule has 3 rings (SSSR count). The van der Waals surface area contributed by atoms with Crippen molar-refractivity contribution in [2.24, 2.45) is 9.98 Å². The van der Waals surface area contributed by atoms with Gasteiger partial charge in [0.2, 0.25) is 0 Å². The molecule has 0 N–H and O–H groups in total. The lowest BCUT2D eigenvalue weighted by atomic mass is 10.2. The fourth-order valence-corrected chi connectivity index (χ4v) is 2.48. The Labute approximate surface area is 171 Å². The van der Waals surface area contributed by atoms with E-state index in [1.54, 1.807) is 32.0 Å². The van der Waals surface area contributed by atoms with E-state index in [0.717, 1.165) is 24.3 Å². The minimum atomic E-state index is -0.789. The Morgan fingerprint density at radius 2 is 0.931 bits per heavy atom. The largest absolute Gasteiger partial charge is 0.245 e. The van der Waals surface area contributed by atoms with E-state index < -0.39 is 34.6 Å². The summed E-state index contributed by atoms with van der Waals surface area (Å²) in [5.41, 5.74) is 0.427. The predicted molar refractivity (Wildman–Crippen MR) is 108 cm³/mol. The maximum absolute atomic E-state index is 13.8. The summed E-state index contributed by atoms with van der Waals surface area (Å²) in [5, 5.41) is 0. The first-order valence-electron chi connectivity index (χ1n) is 8.33. The molecule has 0 atom stereocenters. The molecule has 0 spiro atoms. The van der Waals surface area contributed by atoms with E-state index >= 15 is 0 Å². The number of pyridine rings is 1. The lowest BCUT2D eigenvalue weighted by Crippen LogP contribution is -2.05. The van der Waals surface area contributed by atoms with Crippen LogP contribution in [-0.4, -0.2) is 16.4 Å². The fourth-order valence-electron chi connectivity index (χ4n) is 2.48. The molecular formula is C21H16ClF4N3. The van der Waals surface area contributed by atoms with E-state index in [1.165, 1.54) is 12.1 Å². The van der Waals surface area contributed by atoms with Crippen LogP contribution in [0.5, 0.6) is 0 Å². The van der Waals surface area contributed by atoms with Crippen molar-refractivity contribution >= 4 is 35.2 Å². The second-order valence-corrected chi connectivity index (χ2v) is 5.94. The zero-order chi connectivity index (χ0) is 20.3. The van der Waals surface area contributed by atoms with Gasteiger partial charge in [0.25, 0.3) is 0 Å². The fraction of sp³-hybridized carbons (Fsp3) is 0.0952. The van der Waals surface area contributed by atoms with E-state index in [0.29, 0.717) is 11.4 Å². The highest BCUT2D eigenvalue weighted by Gasteiger charge is 2.11. The van der Waals surface area contributed by atoms with Gasteiger partial charge in [-0.05, 0) is 50.2 Å². The standard InChI is InChI=1S/C21H15F4N3.ClH/c1-12(26-20-14(22)6-3-7-15(20)23)18-10-5-11-19(28-18)13(2)27-21-16(24)8-4-9-17(21)25;/h3-11H,1-2H3;1H. The third-order valence-electron chi connectivity index (χ3n) is 3.92. The quantitative estimate of drug-likeness (QED) is 0.357. The Kier molecular flexibility index (Phi) is 7.23. The van der Waals surface area contributed by atoms with Crippen molar-refractivity contribution in [3.05, 3.63) is 89.3 Å². The summed E-state index contributed by atoms with van der Waals surface area (Å²) >= 11 is 0. The molecule has 0 aliphatic heterocycles. The lowest BCUT2D eigenvalue weighted by Gasteiger charge is -2.06. The third kappa shape index (κ3) is 5.06. The van der Waals surface area contributed by atoms with Gasteiger partial charge >= 0.3 is 0 Å². The number of nitrogens with zero attached hydrogens (tertiary/aromatic N) is 3. The van der Waals surface area contributed by atoms with Gasteiger partial charge in [0.05, 0.1) is 22.8 Å².